The topological polar surface area (TPSA) is 76.1 Å². The molecule has 0 saturated carbocycles. The summed E-state index contributed by atoms with van der Waals surface area (Å²) < 4.78 is 10.8. The maximum absolute atomic E-state index is 13.2. The standard InChI is InChI=1S/C28H27NO5/c1-3-34-23-11-7-10-21(18-23)26(30)24-25(20-12-14-22(33-2)15-13-20)29(28(32)27(24)31)17-16-19-8-5-4-6-9-19/h4-15,18,25,30H,3,16-17H2,1-2H3. The second-order valence-corrected chi connectivity index (χ2v) is 7.96. The summed E-state index contributed by atoms with van der Waals surface area (Å²) in [5, 5.41) is 11.2. The fourth-order valence-electron chi connectivity index (χ4n) is 4.19. The minimum absolute atomic E-state index is 0.0666. The Morgan fingerprint density at radius 3 is 2.35 bits per heavy atom. The molecule has 6 heteroatoms. The molecule has 174 valence electrons. The molecule has 0 radical (unpaired) electrons. The molecule has 1 aliphatic rings. The monoisotopic (exact) mass is 457 g/mol. The lowest BCUT2D eigenvalue weighted by Gasteiger charge is -2.25. The third kappa shape index (κ3) is 4.66. The Morgan fingerprint density at radius 2 is 1.68 bits per heavy atom. The Balaban J connectivity index is 1.78. The van der Waals surface area contributed by atoms with Crippen molar-refractivity contribution in [1.82, 2.24) is 4.90 Å². The molecule has 34 heavy (non-hydrogen) atoms. The predicted octanol–water partition coefficient (Wildman–Crippen LogP) is 4.76. The summed E-state index contributed by atoms with van der Waals surface area (Å²) >= 11 is 0. The van der Waals surface area contributed by atoms with Crippen molar-refractivity contribution < 1.29 is 24.2 Å². The second kappa shape index (κ2) is 10.3. The van der Waals surface area contributed by atoms with Crippen molar-refractivity contribution in [2.45, 2.75) is 19.4 Å². The van der Waals surface area contributed by atoms with Crippen LogP contribution in [0, 0.1) is 0 Å². The molecule has 1 unspecified atom stereocenters. The van der Waals surface area contributed by atoms with E-state index in [1.165, 1.54) is 4.90 Å². The molecule has 0 spiro atoms. The summed E-state index contributed by atoms with van der Waals surface area (Å²) in [7, 11) is 1.58. The molecular weight excluding hydrogens is 430 g/mol. The van der Waals surface area contributed by atoms with Crippen molar-refractivity contribution >= 4 is 17.4 Å². The number of Topliss-reactive ketones (excluding diaryl/α,β-unsaturated/α-hetero) is 1. The molecular formula is C28H27NO5. The van der Waals surface area contributed by atoms with Crippen LogP contribution in [0.1, 0.15) is 29.7 Å². The van der Waals surface area contributed by atoms with E-state index in [0.717, 1.165) is 11.1 Å². The van der Waals surface area contributed by atoms with Gasteiger partial charge in [0.2, 0.25) is 0 Å². The highest BCUT2D eigenvalue weighted by Gasteiger charge is 2.45. The number of methoxy groups -OCH3 is 1. The Labute approximate surface area is 199 Å². The van der Waals surface area contributed by atoms with Crippen LogP contribution < -0.4 is 9.47 Å². The molecule has 1 amide bonds. The minimum Gasteiger partial charge on any atom is -0.507 e. The number of hydrogen-bond donors (Lipinski definition) is 1. The van der Waals surface area contributed by atoms with Gasteiger partial charge in [-0.3, -0.25) is 9.59 Å². The number of nitrogens with zero attached hydrogens (tertiary/aromatic N) is 1. The average Bonchev–Trinajstić information content (AvgIpc) is 3.13. The van der Waals surface area contributed by atoms with Crippen LogP contribution in [0.3, 0.4) is 0 Å². The van der Waals surface area contributed by atoms with Crippen molar-refractivity contribution in [3.05, 3.63) is 101 Å². The van der Waals surface area contributed by atoms with Crippen LogP contribution in [0.5, 0.6) is 11.5 Å². The quantitative estimate of drug-likeness (QED) is 0.300. The number of likely N-dealkylation sites (tertiary alicyclic amines) is 1. The number of hydrogen-bond acceptors (Lipinski definition) is 5. The van der Waals surface area contributed by atoms with Gasteiger partial charge < -0.3 is 19.5 Å². The molecule has 0 bridgehead atoms. The summed E-state index contributed by atoms with van der Waals surface area (Å²) in [6.45, 7) is 2.68. The van der Waals surface area contributed by atoms with Crippen molar-refractivity contribution in [2.24, 2.45) is 0 Å². The Bertz CT molecular complexity index is 1200. The van der Waals surface area contributed by atoms with Crippen LogP contribution in [0.2, 0.25) is 0 Å². The number of benzene rings is 3. The van der Waals surface area contributed by atoms with Gasteiger partial charge >= 0.3 is 0 Å². The highest BCUT2D eigenvalue weighted by molar-refractivity contribution is 6.46. The van der Waals surface area contributed by atoms with Crippen LogP contribution in [0.4, 0.5) is 0 Å². The van der Waals surface area contributed by atoms with Gasteiger partial charge in [0, 0.05) is 12.1 Å². The number of ketones is 1. The minimum atomic E-state index is -0.717. The molecule has 0 aliphatic carbocycles. The molecule has 3 aromatic carbocycles. The maximum atomic E-state index is 13.2. The zero-order valence-corrected chi connectivity index (χ0v) is 19.2. The SMILES string of the molecule is CCOc1cccc(C(O)=C2C(=O)C(=O)N(CCc3ccccc3)C2c2ccc(OC)cc2)c1. The second-order valence-electron chi connectivity index (χ2n) is 7.96. The number of amides is 1. The molecule has 0 aromatic heterocycles. The largest absolute Gasteiger partial charge is 0.507 e. The summed E-state index contributed by atoms with van der Waals surface area (Å²) in [5.74, 6) is -0.310. The van der Waals surface area contributed by atoms with E-state index in [2.05, 4.69) is 0 Å². The van der Waals surface area contributed by atoms with Gasteiger partial charge in [0.25, 0.3) is 11.7 Å². The number of rotatable bonds is 8. The van der Waals surface area contributed by atoms with Crippen molar-refractivity contribution in [3.8, 4) is 11.5 Å². The van der Waals surface area contributed by atoms with Gasteiger partial charge in [0.15, 0.2) is 0 Å². The molecule has 1 saturated heterocycles. The number of carbonyl (C=O) groups excluding carboxylic acids is 2. The molecule has 1 atom stereocenters. The number of aliphatic hydroxyl groups excluding tert-OH is 1. The van der Waals surface area contributed by atoms with Gasteiger partial charge in [0.05, 0.1) is 25.3 Å². The molecule has 1 aliphatic heterocycles. The van der Waals surface area contributed by atoms with E-state index in [1.54, 1.807) is 43.5 Å². The van der Waals surface area contributed by atoms with Crippen LogP contribution >= 0.6 is 0 Å². The van der Waals surface area contributed by atoms with Crippen molar-refractivity contribution in [2.75, 3.05) is 20.3 Å². The fraction of sp³-hybridized carbons (Fsp3) is 0.214. The van der Waals surface area contributed by atoms with Gasteiger partial charge in [-0.25, -0.2) is 0 Å². The van der Waals surface area contributed by atoms with Crippen molar-refractivity contribution in [3.63, 3.8) is 0 Å². The first-order valence-corrected chi connectivity index (χ1v) is 11.2. The summed E-state index contributed by atoms with van der Waals surface area (Å²) in [5.41, 5.74) is 2.26. The van der Waals surface area contributed by atoms with E-state index in [1.807, 2.05) is 49.4 Å². The maximum Gasteiger partial charge on any atom is 0.295 e. The summed E-state index contributed by atoms with van der Waals surface area (Å²) in [6, 6.07) is 23.1. The lowest BCUT2D eigenvalue weighted by Crippen LogP contribution is -2.31. The average molecular weight is 458 g/mol. The molecule has 6 nitrogen and oxygen atoms in total. The molecule has 1 N–H and O–H groups in total. The van der Waals surface area contributed by atoms with Crippen LogP contribution in [-0.2, 0) is 16.0 Å². The van der Waals surface area contributed by atoms with Crippen molar-refractivity contribution in [1.29, 1.82) is 0 Å². The molecule has 1 heterocycles. The fourth-order valence-corrected chi connectivity index (χ4v) is 4.19. The van der Waals surface area contributed by atoms with E-state index >= 15 is 0 Å². The number of aliphatic hydroxyl groups is 1. The Kier molecular flexibility index (Phi) is 6.97. The lowest BCUT2D eigenvalue weighted by atomic mass is 9.95. The Morgan fingerprint density at radius 1 is 0.941 bits per heavy atom. The van der Waals surface area contributed by atoms with E-state index < -0.39 is 17.7 Å². The highest BCUT2D eigenvalue weighted by Crippen LogP contribution is 2.40. The third-order valence-electron chi connectivity index (χ3n) is 5.87. The van der Waals surface area contributed by atoms with E-state index in [4.69, 9.17) is 9.47 Å². The number of ether oxygens (including phenoxy) is 2. The first-order chi connectivity index (χ1) is 16.5. The van der Waals surface area contributed by atoms with Gasteiger partial charge in [-0.05, 0) is 48.7 Å². The number of carbonyl (C=O) groups is 2. The van der Waals surface area contributed by atoms with E-state index in [9.17, 15) is 14.7 Å². The molecule has 4 rings (SSSR count). The van der Waals surface area contributed by atoms with E-state index in [-0.39, 0.29) is 11.3 Å². The third-order valence-corrected chi connectivity index (χ3v) is 5.87. The zero-order valence-electron chi connectivity index (χ0n) is 19.2. The highest BCUT2D eigenvalue weighted by atomic mass is 16.5. The van der Waals surface area contributed by atoms with E-state index in [0.29, 0.717) is 36.6 Å². The predicted molar refractivity (Wildman–Crippen MR) is 130 cm³/mol. The first kappa shape index (κ1) is 23.1. The Hall–Kier alpha value is -4.06. The molecule has 1 fully saturated rings. The summed E-state index contributed by atoms with van der Waals surface area (Å²) in [4.78, 5) is 27.9. The molecule has 3 aromatic rings. The van der Waals surface area contributed by atoms with Crippen LogP contribution in [0.25, 0.3) is 5.76 Å². The lowest BCUT2D eigenvalue weighted by molar-refractivity contribution is -0.139. The van der Waals surface area contributed by atoms with Crippen LogP contribution in [-0.4, -0.2) is 42.0 Å². The van der Waals surface area contributed by atoms with Gasteiger partial charge in [-0.1, -0.05) is 54.6 Å². The smallest absolute Gasteiger partial charge is 0.295 e. The van der Waals surface area contributed by atoms with Gasteiger partial charge in [-0.15, -0.1) is 0 Å². The zero-order chi connectivity index (χ0) is 24.1. The first-order valence-electron chi connectivity index (χ1n) is 11.2. The van der Waals surface area contributed by atoms with Gasteiger partial charge in [0.1, 0.15) is 17.3 Å². The van der Waals surface area contributed by atoms with Gasteiger partial charge in [-0.2, -0.15) is 0 Å². The van der Waals surface area contributed by atoms with Crippen LogP contribution in [0.15, 0.2) is 84.4 Å². The normalized spacial score (nSPS) is 17.1. The summed E-state index contributed by atoms with van der Waals surface area (Å²) in [6.07, 6.45) is 0.584.